The molecule has 1 aromatic rings. The van der Waals surface area contributed by atoms with E-state index in [1.54, 1.807) is 0 Å². The third-order valence-electron chi connectivity index (χ3n) is 4.52. The first-order chi connectivity index (χ1) is 10.7. The molecule has 4 heteroatoms. The average Bonchev–Trinajstić information content (AvgIpc) is 3.01. The van der Waals surface area contributed by atoms with Gasteiger partial charge in [0.05, 0.1) is 0 Å². The Hall–Kier alpha value is -1.39. The normalized spacial score (nSPS) is 22.5. The molecule has 0 saturated carbocycles. The van der Waals surface area contributed by atoms with Gasteiger partial charge in [0.25, 0.3) is 0 Å². The highest BCUT2D eigenvalue weighted by Gasteiger charge is 2.33. The molecule has 3 atom stereocenters. The largest absolute Gasteiger partial charge is 0.334 e. The molecular weight excluding hydrogens is 274 g/mol. The van der Waals surface area contributed by atoms with Crippen molar-refractivity contribution in [1.82, 2.24) is 15.8 Å². The lowest BCUT2D eigenvalue weighted by molar-refractivity contribution is -0.136. The fraction of sp³-hybridized carbons (Fsp3) is 0.611. The Morgan fingerprint density at radius 2 is 2.00 bits per heavy atom. The summed E-state index contributed by atoms with van der Waals surface area (Å²) in [7, 11) is 0. The molecule has 4 nitrogen and oxygen atoms in total. The van der Waals surface area contributed by atoms with Gasteiger partial charge in [-0.3, -0.25) is 10.2 Å². The topological polar surface area (TPSA) is 44.4 Å². The minimum atomic E-state index is -0.103. The third-order valence-corrected chi connectivity index (χ3v) is 4.52. The van der Waals surface area contributed by atoms with E-state index in [4.69, 9.17) is 0 Å². The van der Waals surface area contributed by atoms with Crippen molar-refractivity contribution in [2.24, 2.45) is 0 Å². The number of carbonyl (C=O) groups is 1. The van der Waals surface area contributed by atoms with E-state index < -0.39 is 0 Å². The molecule has 1 fully saturated rings. The van der Waals surface area contributed by atoms with Gasteiger partial charge in [0.2, 0.25) is 5.91 Å². The van der Waals surface area contributed by atoms with Gasteiger partial charge in [-0.05, 0) is 31.7 Å². The van der Waals surface area contributed by atoms with Crippen LogP contribution in [0.3, 0.4) is 0 Å². The van der Waals surface area contributed by atoms with Crippen LogP contribution in [0.15, 0.2) is 30.3 Å². The Morgan fingerprint density at radius 1 is 1.27 bits per heavy atom. The number of amides is 1. The van der Waals surface area contributed by atoms with E-state index in [0.717, 1.165) is 25.7 Å². The van der Waals surface area contributed by atoms with Crippen molar-refractivity contribution in [3.8, 4) is 0 Å². The lowest BCUT2D eigenvalue weighted by atomic mass is 10.0. The molecule has 0 aromatic heterocycles. The molecule has 2 rings (SSSR count). The number of rotatable bonds is 7. The van der Waals surface area contributed by atoms with Crippen LogP contribution >= 0.6 is 0 Å². The maximum Gasteiger partial charge on any atom is 0.241 e. The molecule has 0 radical (unpaired) electrons. The summed E-state index contributed by atoms with van der Waals surface area (Å²) in [5, 5.41) is 0. The zero-order valence-corrected chi connectivity index (χ0v) is 14.0. The Labute approximate surface area is 134 Å². The molecule has 1 aliphatic heterocycles. The Kier molecular flexibility index (Phi) is 6.40. The second-order valence-electron chi connectivity index (χ2n) is 6.27. The molecular formula is C18H29N3O. The van der Waals surface area contributed by atoms with E-state index in [-0.39, 0.29) is 18.0 Å². The third kappa shape index (κ3) is 4.31. The van der Waals surface area contributed by atoms with Crippen molar-refractivity contribution in [1.29, 1.82) is 0 Å². The summed E-state index contributed by atoms with van der Waals surface area (Å²) in [6.45, 7) is 7.13. The average molecular weight is 303 g/mol. The van der Waals surface area contributed by atoms with Crippen LogP contribution in [0.5, 0.6) is 0 Å². The van der Waals surface area contributed by atoms with Crippen molar-refractivity contribution in [2.75, 3.05) is 0 Å². The molecule has 3 unspecified atom stereocenters. The smallest absolute Gasteiger partial charge is 0.241 e. The number of hydrazine groups is 1. The van der Waals surface area contributed by atoms with Gasteiger partial charge in [-0.1, -0.05) is 50.6 Å². The second kappa shape index (κ2) is 8.30. The van der Waals surface area contributed by atoms with Gasteiger partial charge in [-0.2, -0.15) is 0 Å². The van der Waals surface area contributed by atoms with Crippen molar-refractivity contribution in [3.63, 3.8) is 0 Å². The highest BCUT2D eigenvalue weighted by Crippen LogP contribution is 2.17. The summed E-state index contributed by atoms with van der Waals surface area (Å²) < 4.78 is 0. The van der Waals surface area contributed by atoms with E-state index in [1.807, 2.05) is 23.1 Å². The number of hydrogen-bond donors (Lipinski definition) is 2. The van der Waals surface area contributed by atoms with Gasteiger partial charge < -0.3 is 4.90 Å². The first kappa shape index (κ1) is 17.0. The predicted octanol–water partition coefficient (Wildman–Crippen LogP) is 2.85. The van der Waals surface area contributed by atoms with Crippen molar-refractivity contribution >= 4 is 5.91 Å². The van der Waals surface area contributed by atoms with Crippen LogP contribution in [0.25, 0.3) is 0 Å². The van der Waals surface area contributed by atoms with E-state index in [9.17, 15) is 4.79 Å². The molecule has 1 saturated heterocycles. The Morgan fingerprint density at radius 3 is 2.64 bits per heavy atom. The summed E-state index contributed by atoms with van der Waals surface area (Å²) in [4.78, 5) is 14.9. The van der Waals surface area contributed by atoms with Crippen LogP contribution in [0.4, 0.5) is 0 Å². The first-order valence-electron chi connectivity index (χ1n) is 8.51. The van der Waals surface area contributed by atoms with E-state index in [1.165, 1.54) is 5.56 Å². The fourth-order valence-corrected chi connectivity index (χ4v) is 2.97. The highest BCUT2D eigenvalue weighted by atomic mass is 16.2. The summed E-state index contributed by atoms with van der Waals surface area (Å²) in [6.07, 6.45) is 4.10. The van der Waals surface area contributed by atoms with Crippen LogP contribution < -0.4 is 10.9 Å². The molecule has 0 spiro atoms. The van der Waals surface area contributed by atoms with Crippen LogP contribution in [0, 0.1) is 0 Å². The molecule has 1 amide bonds. The van der Waals surface area contributed by atoms with Gasteiger partial charge in [0.1, 0.15) is 6.04 Å². The lowest BCUT2D eigenvalue weighted by Crippen LogP contribution is -2.48. The zero-order chi connectivity index (χ0) is 15.9. The monoisotopic (exact) mass is 303 g/mol. The molecule has 1 heterocycles. The van der Waals surface area contributed by atoms with Gasteiger partial charge in [-0.25, -0.2) is 5.43 Å². The maximum atomic E-state index is 12.9. The predicted molar refractivity (Wildman–Crippen MR) is 90.1 cm³/mol. The molecule has 1 aromatic carbocycles. The summed E-state index contributed by atoms with van der Waals surface area (Å²) in [5.41, 5.74) is 7.65. The van der Waals surface area contributed by atoms with Crippen molar-refractivity contribution in [2.45, 2.75) is 71.1 Å². The Bertz CT molecular complexity index is 463. The molecule has 122 valence electrons. The van der Waals surface area contributed by atoms with Crippen molar-refractivity contribution < 1.29 is 4.79 Å². The van der Waals surface area contributed by atoms with E-state index in [0.29, 0.717) is 12.6 Å². The van der Waals surface area contributed by atoms with Gasteiger partial charge in [-0.15, -0.1) is 0 Å². The number of nitrogens with zero attached hydrogens (tertiary/aromatic N) is 1. The zero-order valence-electron chi connectivity index (χ0n) is 14.0. The molecule has 2 N–H and O–H groups in total. The fourth-order valence-electron chi connectivity index (χ4n) is 2.97. The standard InChI is InChI=1S/C18H29N3O/c1-4-9-16-12-17(20-19-16)18(22)21(14(3)5-2)13-15-10-7-6-8-11-15/h6-8,10-11,14,16-17,19-20H,4-5,9,12-13H2,1-3H3. The van der Waals surface area contributed by atoms with E-state index in [2.05, 4.69) is 43.8 Å². The summed E-state index contributed by atoms with van der Waals surface area (Å²) in [6, 6.07) is 10.8. The minimum absolute atomic E-state index is 0.103. The second-order valence-corrected chi connectivity index (χ2v) is 6.27. The quantitative estimate of drug-likeness (QED) is 0.814. The van der Waals surface area contributed by atoms with Gasteiger partial charge >= 0.3 is 0 Å². The summed E-state index contributed by atoms with van der Waals surface area (Å²) >= 11 is 0. The summed E-state index contributed by atoms with van der Waals surface area (Å²) in [5.74, 6) is 0.212. The van der Waals surface area contributed by atoms with Gasteiger partial charge in [0.15, 0.2) is 0 Å². The van der Waals surface area contributed by atoms with Gasteiger partial charge in [0, 0.05) is 18.6 Å². The van der Waals surface area contributed by atoms with Crippen LogP contribution in [-0.2, 0) is 11.3 Å². The van der Waals surface area contributed by atoms with Crippen LogP contribution in [-0.4, -0.2) is 28.9 Å². The van der Waals surface area contributed by atoms with Crippen LogP contribution in [0.2, 0.25) is 0 Å². The number of nitrogens with one attached hydrogen (secondary N) is 2. The number of hydrogen-bond acceptors (Lipinski definition) is 3. The van der Waals surface area contributed by atoms with Crippen molar-refractivity contribution in [3.05, 3.63) is 35.9 Å². The molecule has 0 bridgehead atoms. The Balaban J connectivity index is 2.04. The molecule has 22 heavy (non-hydrogen) atoms. The minimum Gasteiger partial charge on any atom is -0.334 e. The number of carbonyl (C=O) groups excluding carboxylic acids is 1. The number of benzene rings is 1. The first-order valence-corrected chi connectivity index (χ1v) is 8.51. The SMILES string of the molecule is CCCC1CC(C(=O)N(Cc2ccccc2)C(C)CC)NN1. The highest BCUT2D eigenvalue weighted by molar-refractivity contribution is 5.82. The lowest BCUT2D eigenvalue weighted by Gasteiger charge is -2.31. The molecule has 0 aliphatic carbocycles. The maximum absolute atomic E-state index is 12.9. The molecule has 1 aliphatic rings. The van der Waals surface area contributed by atoms with Crippen LogP contribution in [0.1, 0.15) is 52.0 Å². The van der Waals surface area contributed by atoms with E-state index >= 15 is 0 Å².